The van der Waals surface area contributed by atoms with Crippen molar-refractivity contribution in [2.45, 2.75) is 13.1 Å². The van der Waals surface area contributed by atoms with Crippen molar-refractivity contribution in [3.8, 4) is 22.9 Å². The summed E-state index contributed by atoms with van der Waals surface area (Å²) in [5, 5.41) is 13.7. The Morgan fingerprint density at radius 3 is 2.63 bits per heavy atom. The standard InChI is InChI=1S/C22H26N6O2/c1-4-13-30-19-8-6-5-7-17(19)14-24-22(23-2)25-15-20-26-21(28-27-20)16-9-11-18(29-3)12-10-16/h4-12H,1,13-15H2,2-3H3,(H2,23,24,25)(H,26,27,28). The average Bonchev–Trinajstić information content (AvgIpc) is 3.27. The van der Waals surface area contributed by atoms with Crippen LogP contribution in [0.4, 0.5) is 0 Å². The SMILES string of the molecule is C=CCOc1ccccc1CNC(=NC)NCc1nc(-c2ccc(OC)cc2)n[nH]1. The molecule has 0 fully saturated rings. The number of nitrogens with one attached hydrogen (secondary N) is 3. The number of hydrogen-bond acceptors (Lipinski definition) is 5. The lowest BCUT2D eigenvalue weighted by Crippen LogP contribution is -2.36. The van der Waals surface area contributed by atoms with Gasteiger partial charge < -0.3 is 20.1 Å². The number of rotatable bonds is 9. The summed E-state index contributed by atoms with van der Waals surface area (Å²) in [7, 11) is 3.36. The first kappa shape index (κ1) is 20.9. The number of methoxy groups -OCH3 is 1. The molecular formula is C22H26N6O2. The zero-order valence-electron chi connectivity index (χ0n) is 17.2. The number of nitrogens with zero attached hydrogens (tertiary/aromatic N) is 3. The Hall–Kier alpha value is -3.81. The van der Waals surface area contributed by atoms with Crippen molar-refractivity contribution in [3.63, 3.8) is 0 Å². The van der Waals surface area contributed by atoms with E-state index in [1.165, 1.54) is 0 Å². The highest BCUT2D eigenvalue weighted by Gasteiger charge is 2.08. The van der Waals surface area contributed by atoms with Gasteiger partial charge in [-0.1, -0.05) is 30.9 Å². The second-order valence-electron chi connectivity index (χ2n) is 6.32. The lowest BCUT2D eigenvalue weighted by atomic mass is 10.2. The Morgan fingerprint density at radius 2 is 1.90 bits per heavy atom. The predicted molar refractivity (Wildman–Crippen MR) is 118 cm³/mol. The van der Waals surface area contributed by atoms with Crippen molar-refractivity contribution in [1.29, 1.82) is 0 Å². The second-order valence-corrected chi connectivity index (χ2v) is 6.32. The molecule has 1 heterocycles. The van der Waals surface area contributed by atoms with Gasteiger partial charge in [0, 0.05) is 24.7 Å². The van der Waals surface area contributed by atoms with Crippen molar-refractivity contribution < 1.29 is 9.47 Å². The van der Waals surface area contributed by atoms with Crippen LogP contribution in [0.3, 0.4) is 0 Å². The number of benzene rings is 2. The van der Waals surface area contributed by atoms with E-state index in [0.717, 1.165) is 22.6 Å². The van der Waals surface area contributed by atoms with Crippen LogP contribution in [-0.4, -0.2) is 41.9 Å². The van der Waals surface area contributed by atoms with Crippen LogP contribution in [0.1, 0.15) is 11.4 Å². The zero-order chi connectivity index (χ0) is 21.2. The fraction of sp³-hybridized carbons (Fsp3) is 0.227. The molecule has 3 aromatic rings. The number of para-hydroxylation sites is 1. The van der Waals surface area contributed by atoms with E-state index in [2.05, 4.69) is 37.4 Å². The third-order valence-corrected chi connectivity index (χ3v) is 4.30. The summed E-state index contributed by atoms with van der Waals surface area (Å²) in [6.45, 7) is 5.18. The molecule has 0 amide bonds. The Bertz CT molecular complexity index is 981. The molecule has 0 aliphatic heterocycles. The van der Waals surface area contributed by atoms with Gasteiger partial charge in [0.05, 0.1) is 13.7 Å². The van der Waals surface area contributed by atoms with Gasteiger partial charge in [0.2, 0.25) is 0 Å². The molecule has 3 N–H and O–H groups in total. The molecule has 0 radical (unpaired) electrons. The van der Waals surface area contributed by atoms with Gasteiger partial charge in [-0.05, 0) is 30.3 Å². The quantitative estimate of drug-likeness (QED) is 0.287. The molecule has 8 heteroatoms. The Labute approximate surface area is 176 Å². The highest BCUT2D eigenvalue weighted by Crippen LogP contribution is 2.19. The van der Waals surface area contributed by atoms with E-state index in [1.807, 2.05) is 48.5 Å². The molecule has 0 saturated carbocycles. The van der Waals surface area contributed by atoms with Crippen molar-refractivity contribution >= 4 is 5.96 Å². The molecule has 30 heavy (non-hydrogen) atoms. The van der Waals surface area contributed by atoms with Crippen LogP contribution in [0.2, 0.25) is 0 Å². The number of ether oxygens (including phenoxy) is 2. The zero-order valence-corrected chi connectivity index (χ0v) is 17.2. The van der Waals surface area contributed by atoms with Crippen LogP contribution >= 0.6 is 0 Å². The maximum Gasteiger partial charge on any atom is 0.191 e. The molecule has 0 unspecified atom stereocenters. The third kappa shape index (κ3) is 5.60. The first-order valence-corrected chi connectivity index (χ1v) is 9.55. The van der Waals surface area contributed by atoms with Crippen molar-refractivity contribution in [2.24, 2.45) is 4.99 Å². The monoisotopic (exact) mass is 406 g/mol. The average molecular weight is 406 g/mol. The maximum absolute atomic E-state index is 5.69. The largest absolute Gasteiger partial charge is 0.497 e. The molecule has 0 spiro atoms. The Morgan fingerprint density at radius 1 is 1.13 bits per heavy atom. The normalized spacial score (nSPS) is 11.1. The molecule has 3 rings (SSSR count). The van der Waals surface area contributed by atoms with Crippen LogP contribution in [-0.2, 0) is 13.1 Å². The smallest absolute Gasteiger partial charge is 0.191 e. The van der Waals surface area contributed by atoms with Gasteiger partial charge in [-0.15, -0.1) is 0 Å². The third-order valence-electron chi connectivity index (χ3n) is 4.30. The van der Waals surface area contributed by atoms with Gasteiger partial charge in [-0.3, -0.25) is 10.1 Å². The van der Waals surface area contributed by atoms with E-state index >= 15 is 0 Å². The van der Waals surface area contributed by atoms with Gasteiger partial charge in [0.1, 0.15) is 23.9 Å². The minimum atomic E-state index is 0.456. The summed E-state index contributed by atoms with van der Waals surface area (Å²) in [6.07, 6.45) is 1.72. The first-order valence-electron chi connectivity index (χ1n) is 9.55. The summed E-state index contributed by atoms with van der Waals surface area (Å²) in [4.78, 5) is 8.78. The fourth-order valence-electron chi connectivity index (χ4n) is 2.75. The lowest BCUT2D eigenvalue weighted by Gasteiger charge is -2.13. The molecule has 156 valence electrons. The Kier molecular flexibility index (Phi) is 7.43. The lowest BCUT2D eigenvalue weighted by molar-refractivity contribution is 0.358. The van der Waals surface area contributed by atoms with Crippen LogP contribution in [0, 0.1) is 0 Å². The highest BCUT2D eigenvalue weighted by atomic mass is 16.5. The van der Waals surface area contributed by atoms with E-state index in [0.29, 0.717) is 37.3 Å². The van der Waals surface area contributed by atoms with Gasteiger partial charge >= 0.3 is 0 Å². The van der Waals surface area contributed by atoms with Crippen molar-refractivity contribution in [3.05, 3.63) is 72.6 Å². The van der Waals surface area contributed by atoms with Gasteiger partial charge in [0.15, 0.2) is 11.8 Å². The summed E-state index contributed by atoms with van der Waals surface area (Å²) < 4.78 is 10.9. The predicted octanol–water partition coefficient (Wildman–Crippen LogP) is 2.91. The van der Waals surface area contributed by atoms with Crippen LogP contribution in [0.25, 0.3) is 11.4 Å². The van der Waals surface area contributed by atoms with Gasteiger partial charge in [-0.25, -0.2) is 4.98 Å². The molecule has 8 nitrogen and oxygen atoms in total. The molecule has 0 bridgehead atoms. The van der Waals surface area contributed by atoms with Crippen LogP contribution in [0.5, 0.6) is 11.5 Å². The van der Waals surface area contributed by atoms with E-state index in [4.69, 9.17) is 9.47 Å². The van der Waals surface area contributed by atoms with Crippen molar-refractivity contribution in [1.82, 2.24) is 25.8 Å². The molecule has 0 atom stereocenters. The first-order chi connectivity index (χ1) is 14.7. The Balaban J connectivity index is 1.55. The van der Waals surface area contributed by atoms with Crippen molar-refractivity contribution in [2.75, 3.05) is 20.8 Å². The highest BCUT2D eigenvalue weighted by molar-refractivity contribution is 5.79. The molecule has 0 saturated heterocycles. The molecule has 0 aliphatic rings. The van der Waals surface area contributed by atoms with Crippen LogP contribution in [0.15, 0.2) is 66.2 Å². The number of H-pyrrole nitrogens is 1. The van der Waals surface area contributed by atoms with Gasteiger partial charge in [-0.2, -0.15) is 5.10 Å². The number of aromatic nitrogens is 3. The van der Waals surface area contributed by atoms with E-state index in [1.54, 1.807) is 20.2 Å². The van der Waals surface area contributed by atoms with Crippen LogP contribution < -0.4 is 20.1 Å². The number of hydrogen-bond donors (Lipinski definition) is 3. The maximum atomic E-state index is 5.69. The summed E-state index contributed by atoms with van der Waals surface area (Å²) >= 11 is 0. The molecular weight excluding hydrogens is 380 g/mol. The van der Waals surface area contributed by atoms with Gasteiger partial charge in [0.25, 0.3) is 0 Å². The fourth-order valence-corrected chi connectivity index (χ4v) is 2.75. The minimum Gasteiger partial charge on any atom is -0.497 e. The number of aliphatic imine (C=N–C) groups is 1. The van der Waals surface area contributed by atoms with E-state index < -0.39 is 0 Å². The summed E-state index contributed by atoms with van der Waals surface area (Å²) in [5.74, 6) is 3.60. The molecule has 2 aromatic carbocycles. The second kappa shape index (κ2) is 10.7. The molecule has 0 aliphatic carbocycles. The summed E-state index contributed by atoms with van der Waals surface area (Å²) in [5.41, 5.74) is 1.95. The van der Waals surface area contributed by atoms with E-state index in [-0.39, 0.29) is 0 Å². The molecule has 1 aromatic heterocycles. The number of guanidine groups is 1. The number of aromatic amines is 1. The minimum absolute atomic E-state index is 0.456. The topological polar surface area (TPSA) is 96.4 Å². The summed E-state index contributed by atoms with van der Waals surface area (Å²) in [6, 6.07) is 15.5. The van der Waals surface area contributed by atoms with E-state index in [9.17, 15) is 0 Å².